The van der Waals surface area contributed by atoms with Gasteiger partial charge in [0, 0.05) is 45.8 Å². The van der Waals surface area contributed by atoms with E-state index >= 15 is 0 Å². The highest BCUT2D eigenvalue weighted by Crippen LogP contribution is 2.28. The van der Waals surface area contributed by atoms with E-state index in [1.54, 1.807) is 0 Å². The van der Waals surface area contributed by atoms with Gasteiger partial charge in [0.25, 0.3) is 0 Å². The van der Waals surface area contributed by atoms with Crippen LogP contribution in [0.15, 0.2) is 4.99 Å². The summed E-state index contributed by atoms with van der Waals surface area (Å²) in [7, 11) is 0. The molecule has 0 aromatic rings. The highest BCUT2D eigenvalue weighted by atomic mass is 127. The summed E-state index contributed by atoms with van der Waals surface area (Å²) in [4.78, 5) is 9.82. The van der Waals surface area contributed by atoms with Gasteiger partial charge < -0.3 is 15.0 Å². The summed E-state index contributed by atoms with van der Waals surface area (Å²) >= 11 is 0. The molecular formula is C17H35IN4O. The van der Waals surface area contributed by atoms with Crippen molar-refractivity contribution in [2.75, 3.05) is 59.0 Å². The quantitative estimate of drug-likeness (QED) is 0.406. The molecule has 2 fully saturated rings. The molecule has 2 heterocycles. The highest BCUT2D eigenvalue weighted by Gasteiger charge is 2.30. The maximum absolute atomic E-state index is 5.41. The van der Waals surface area contributed by atoms with E-state index in [1.165, 1.54) is 6.42 Å². The number of halogens is 1. The highest BCUT2D eigenvalue weighted by molar-refractivity contribution is 14.0. The molecule has 136 valence electrons. The SMILES string of the molecule is CCNC(=NCC(C)CN1CCOCC1)N1CCC(C)(C)C1.I. The predicted molar refractivity (Wildman–Crippen MR) is 108 cm³/mol. The number of hydrogen-bond acceptors (Lipinski definition) is 3. The van der Waals surface area contributed by atoms with Crippen molar-refractivity contribution in [2.24, 2.45) is 16.3 Å². The van der Waals surface area contributed by atoms with Gasteiger partial charge >= 0.3 is 0 Å². The summed E-state index contributed by atoms with van der Waals surface area (Å²) in [5, 5.41) is 3.46. The molecule has 2 rings (SSSR count). The van der Waals surface area contributed by atoms with Crippen molar-refractivity contribution in [3.05, 3.63) is 0 Å². The lowest BCUT2D eigenvalue weighted by Gasteiger charge is -2.29. The Hall–Kier alpha value is -0.0800. The minimum absolute atomic E-state index is 0. The smallest absolute Gasteiger partial charge is 0.193 e. The molecule has 2 aliphatic heterocycles. The molecule has 0 amide bonds. The standard InChI is InChI=1S/C17H34N4O.HI/c1-5-18-16(21-7-6-17(3,4)14-21)19-12-15(2)13-20-8-10-22-11-9-20;/h15H,5-14H2,1-4H3,(H,18,19);1H. The fourth-order valence-corrected chi connectivity index (χ4v) is 3.24. The summed E-state index contributed by atoms with van der Waals surface area (Å²) in [6, 6.07) is 0. The minimum atomic E-state index is 0. The number of morpholine rings is 1. The van der Waals surface area contributed by atoms with Crippen molar-refractivity contribution >= 4 is 29.9 Å². The van der Waals surface area contributed by atoms with E-state index < -0.39 is 0 Å². The van der Waals surface area contributed by atoms with Crippen molar-refractivity contribution in [3.8, 4) is 0 Å². The van der Waals surface area contributed by atoms with Crippen molar-refractivity contribution in [1.82, 2.24) is 15.1 Å². The Morgan fingerprint density at radius 1 is 1.26 bits per heavy atom. The van der Waals surface area contributed by atoms with Gasteiger partial charge in [-0.25, -0.2) is 0 Å². The summed E-state index contributed by atoms with van der Waals surface area (Å²) in [5.41, 5.74) is 0.412. The fraction of sp³-hybridized carbons (Fsp3) is 0.941. The third kappa shape index (κ3) is 7.13. The normalized spacial score (nSPS) is 23.5. The molecule has 1 N–H and O–H groups in total. The molecule has 1 unspecified atom stereocenters. The Bertz CT molecular complexity index is 370. The molecule has 5 nitrogen and oxygen atoms in total. The van der Waals surface area contributed by atoms with Gasteiger partial charge in [-0.15, -0.1) is 24.0 Å². The fourth-order valence-electron chi connectivity index (χ4n) is 3.24. The number of likely N-dealkylation sites (tertiary alicyclic amines) is 1. The predicted octanol–water partition coefficient (Wildman–Crippen LogP) is 2.27. The summed E-state index contributed by atoms with van der Waals surface area (Å²) in [6.45, 7) is 18.2. The Labute approximate surface area is 159 Å². The van der Waals surface area contributed by atoms with E-state index in [1.807, 2.05) is 0 Å². The van der Waals surface area contributed by atoms with Gasteiger partial charge in [0.15, 0.2) is 5.96 Å². The van der Waals surface area contributed by atoms with Gasteiger partial charge in [0.05, 0.1) is 13.2 Å². The van der Waals surface area contributed by atoms with Gasteiger partial charge in [-0.2, -0.15) is 0 Å². The Morgan fingerprint density at radius 2 is 1.96 bits per heavy atom. The van der Waals surface area contributed by atoms with Crippen molar-refractivity contribution in [3.63, 3.8) is 0 Å². The number of guanidine groups is 1. The van der Waals surface area contributed by atoms with Crippen molar-refractivity contribution in [1.29, 1.82) is 0 Å². The molecule has 0 aliphatic carbocycles. The lowest BCUT2D eigenvalue weighted by atomic mass is 9.93. The Morgan fingerprint density at radius 3 is 2.52 bits per heavy atom. The topological polar surface area (TPSA) is 40.1 Å². The second-order valence-electron chi connectivity index (χ2n) is 7.55. The van der Waals surface area contributed by atoms with Gasteiger partial charge in [0.1, 0.15) is 0 Å². The molecule has 1 atom stereocenters. The van der Waals surface area contributed by atoms with Gasteiger partial charge in [-0.05, 0) is 24.7 Å². The summed E-state index contributed by atoms with van der Waals surface area (Å²) < 4.78 is 5.41. The van der Waals surface area contributed by atoms with Gasteiger partial charge in [-0.3, -0.25) is 9.89 Å². The molecule has 0 radical (unpaired) electrons. The van der Waals surface area contributed by atoms with Crippen LogP contribution in [0, 0.1) is 11.3 Å². The first-order valence-corrected chi connectivity index (χ1v) is 8.83. The van der Waals surface area contributed by atoms with Crippen molar-refractivity contribution < 1.29 is 4.74 Å². The molecule has 0 aromatic carbocycles. The van der Waals surface area contributed by atoms with Crippen LogP contribution in [0.3, 0.4) is 0 Å². The first-order valence-electron chi connectivity index (χ1n) is 8.83. The number of nitrogens with zero attached hydrogens (tertiary/aromatic N) is 3. The summed E-state index contributed by atoms with van der Waals surface area (Å²) in [6.07, 6.45) is 1.25. The van der Waals surface area contributed by atoms with Crippen LogP contribution < -0.4 is 5.32 Å². The average molecular weight is 438 g/mol. The van der Waals surface area contributed by atoms with Crippen LogP contribution in [0.1, 0.15) is 34.1 Å². The third-order valence-electron chi connectivity index (χ3n) is 4.54. The van der Waals surface area contributed by atoms with E-state index in [2.05, 4.69) is 42.8 Å². The number of aliphatic imine (C=N–C) groups is 1. The van der Waals surface area contributed by atoms with Crippen LogP contribution in [0.2, 0.25) is 0 Å². The molecule has 2 aliphatic rings. The number of ether oxygens (including phenoxy) is 1. The van der Waals surface area contributed by atoms with Crippen LogP contribution in [0.25, 0.3) is 0 Å². The first kappa shape index (κ1) is 21.0. The zero-order valence-electron chi connectivity index (χ0n) is 15.3. The van der Waals surface area contributed by atoms with E-state index in [0.717, 1.165) is 65.0 Å². The largest absolute Gasteiger partial charge is 0.379 e. The van der Waals surface area contributed by atoms with E-state index in [-0.39, 0.29) is 24.0 Å². The number of rotatable bonds is 5. The number of hydrogen-bond donors (Lipinski definition) is 1. The Balaban J connectivity index is 0.00000264. The van der Waals surface area contributed by atoms with E-state index in [0.29, 0.717) is 11.3 Å². The zero-order chi connectivity index (χ0) is 16.0. The van der Waals surface area contributed by atoms with E-state index in [9.17, 15) is 0 Å². The zero-order valence-corrected chi connectivity index (χ0v) is 17.6. The maximum atomic E-state index is 5.41. The first-order chi connectivity index (χ1) is 10.5. The molecule has 2 saturated heterocycles. The van der Waals surface area contributed by atoms with Crippen LogP contribution >= 0.6 is 24.0 Å². The Kier molecular flexibility index (Phi) is 9.15. The number of nitrogens with one attached hydrogen (secondary N) is 1. The lowest BCUT2D eigenvalue weighted by molar-refractivity contribution is 0.0323. The van der Waals surface area contributed by atoms with Crippen LogP contribution in [0.5, 0.6) is 0 Å². The van der Waals surface area contributed by atoms with E-state index in [4.69, 9.17) is 9.73 Å². The van der Waals surface area contributed by atoms with Crippen molar-refractivity contribution in [2.45, 2.75) is 34.1 Å². The molecule has 0 spiro atoms. The molecule has 6 heteroatoms. The van der Waals surface area contributed by atoms with Crippen LogP contribution in [-0.2, 0) is 4.74 Å². The summed E-state index contributed by atoms with van der Waals surface area (Å²) in [5.74, 6) is 1.68. The lowest BCUT2D eigenvalue weighted by Crippen LogP contribution is -2.42. The minimum Gasteiger partial charge on any atom is -0.379 e. The third-order valence-corrected chi connectivity index (χ3v) is 4.54. The van der Waals surface area contributed by atoms with Crippen LogP contribution in [-0.4, -0.2) is 74.8 Å². The van der Waals surface area contributed by atoms with Gasteiger partial charge in [-0.1, -0.05) is 20.8 Å². The van der Waals surface area contributed by atoms with Crippen LogP contribution in [0.4, 0.5) is 0 Å². The molecule has 0 aromatic heterocycles. The van der Waals surface area contributed by atoms with Gasteiger partial charge in [0.2, 0.25) is 0 Å². The monoisotopic (exact) mass is 438 g/mol. The molecule has 0 bridgehead atoms. The average Bonchev–Trinajstić information content (AvgIpc) is 2.84. The second kappa shape index (κ2) is 10.0. The maximum Gasteiger partial charge on any atom is 0.193 e. The molecule has 23 heavy (non-hydrogen) atoms. The molecule has 0 saturated carbocycles. The molecular weight excluding hydrogens is 403 g/mol. The second-order valence-corrected chi connectivity index (χ2v) is 7.55.